The fourth-order valence-corrected chi connectivity index (χ4v) is 2.79. The van der Waals surface area contributed by atoms with Gasteiger partial charge in [-0.2, -0.15) is 0 Å². The molecule has 2 rings (SSSR count). The zero-order chi connectivity index (χ0) is 16.9. The van der Waals surface area contributed by atoms with Crippen LogP contribution in [-0.2, 0) is 5.41 Å². The van der Waals surface area contributed by atoms with Gasteiger partial charge in [-0.3, -0.25) is 0 Å². The predicted molar refractivity (Wildman–Crippen MR) is 94.8 cm³/mol. The molecule has 23 heavy (non-hydrogen) atoms. The minimum absolute atomic E-state index is 0.175. The Labute approximate surface area is 141 Å². The van der Waals surface area contributed by atoms with Crippen molar-refractivity contribution in [2.24, 2.45) is 0 Å². The normalized spacial score (nSPS) is 11.3. The third-order valence-electron chi connectivity index (χ3n) is 3.44. The highest BCUT2D eigenvalue weighted by molar-refractivity contribution is 7.99. The molecule has 0 bridgehead atoms. The summed E-state index contributed by atoms with van der Waals surface area (Å²) in [5.41, 5.74) is 1.77. The molecule has 0 aliphatic heterocycles. The molecule has 0 spiro atoms. The van der Waals surface area contributed by atoms with Gasteiger partial charge >= 0.3 is 5.97 Å². The minimum Gasteiger partial charge on any atom is -0.493 e. The number of hydrogen-bond donors (Lipinski definition) is 1. The van der Waals surface area contributed by atoms with E-state index in [1.807, 2.05) is 0 Å². The van der Waals surface area contributed by atoms with Crippen molar-refractivity contribution >= 4 is 17.7 Å². The quantitative estimate of drug-likeness (QED) is 0.607. The van der Waals surface area contributed by atoms with Crippen LogP contribution in [0.25, 0.3) is 0 Å². The van der Waals surface area contributed by atoms with Gasteiger partial charge in [-0.25, -0.2) is 4.79 Å². The Balaban J connectivity index is 1.78. The molecule has 122 valence electrons. The predicted octanol–water partition coefficient (Wildman–Crippen LogP) is 4.85. The van der Waals surface area contributed by atoms with Gasteiger partial charge in [0.1, 0.15) is 5.75 Å². The van der Waals surface area contributed by atoms with Crippen molar-refractivity contribution < 1.29 is 14.6 Å². The number of thioether (sulfide) groups is 1. The first-order chi connectivity index (χ1) is 10.9. The Morgan fingerprint density at radius 2 is 1.65 bits per heavy atom. The summed E-state index contributed by atoms with van der Waals surface area (Å²) in [6.45, 7) is 7.20. The Hall–Kier alpha value is -1.94. The van der Waals surface area contributed by atoms with Crippen LogP contribution in [-0.4, -0.2) is 23.4 Å². The molecule has 2 aromatic carbocycles. The second-order valence-electron chi connectivity index (χ2n) is 6.30. The Morgan fingerprint density at radius 3 is 2.17 bits per heavy atom. The van der Waals surface area contributed by atoms with Crippen molar-refractivity contribution in [3.63, 3.8) is 0 Å². The third kappa shape index (κ3) is 5.32. The molecule has 0 aromatic heterocycles. The lowest BCUT2D eigenvalue weighted by Crippen LogP contribution is -2.10. The van der Waals surface area contributed by atoms with E-state index in [2.05, 4.69) is 45.0 Å². The highest BCUT2D eigenvalue weighted by Gasteiger charge is 2.12. The van der Waals surface area contributed by atoms with Gasteiger partial charge in [-0.05, 0) is 47.4 Å². The van der Waals surface area contributed by atoms with Crippen molar-refractivity contribution in [1.82, 2.24) is 0 Å². The first-order valence-corrected chi connectivity index (χ1v) is 8.54. The van der Waals surface area contributed by atoms with Crippen molar-refractivity contribution in [1.29, 1.82) is 0 Å². The van der Waals surface area contributed by atoms with Gasteiger partial charge in [0.05, 0.1) is 12.2 Å². The van der Waals surface area contributed by atoms with Crippen molar-refractivity contribution in [2.45, 2.75) is 31.1 Å². The summed E-state index contributed by atoms with van der Waals surface area (Å²) in [6.07, 6.45) is 0. The first kappa shape index (κ1) is 17.4. The monoisotopic (exact) mass is 330 g/mol. The molecule has 2 aromatic rings. The summed E-state index contributed by atoms with van der Waals surface area (Å²) in [4.78, 5) is 12.0. The van der Waals surface area contributed by atoms with Crippen LogP contribution in [0.3, 0.4) is 0 Å². The van der Waals surface area contributed by atoms with E-state index in [-0.39, 0.29) is 11.0 Å². The first-order valence-electron chi connectivity index (χ1n) is 7.56. The number of ether oxygens (including phenoxy) is 1. The van der Waals surface area contributed by atoms with Gasteiger partial charge < -0.3 is 9.84 Å². The van der Waals surface area contributed by atoms with Gasteiger partial charge in [0, 0.05) is 10.6 Å². The van der Waals surface area contributed by atoms with E-state index in [9.17, 15) is 4.79 Å². The summed E-state index contributed by atoms with van der Waals surface area (Å²) >= 11 is 1.75. The zero-order valence-electron chi connectivity index (χ0n) is 13.7. The average Bonchev–Trinajstić information content (AvgIpc) is 2.51. The fraction of sp³-hybridized carbons (Fsp3) is 0.316. The van der Waals surface area contributed by atoms with E-state index in [0.29, 0.717) is 12.4 Å². The molecule has 0 heterocycles. The number of carbonyl (C=O) groups is 1. The fourth-order valence-electron chi connectivity index (χ4n) is 2.06. The molecule has 0 saturated carbocycles. The molecule has 3 nitrogen and oxygen atoms in total. The van der Waals surface area contributed by atoms with Crippen LogP contribution in [0.5, 0.6) is 5.75 Å². The highest BCUT2D eigenvalue weighted by atomic mass is 32.2. The lowest BCUT2D eigenvalue weighted by Gasteiger charge is -2.19. The molecule has 0 atom stereocenters. The second kappa shape index (κ2) is 7.55. The Morgan fingerprint density at radius 1 is 1.04 bits per heavy atom. The Kier molecular flexibility index (Phi) is 5.72. The number of benzene rings is 2. The van der Waals surface area contributed by atoms with E-state index in [1.54, 1.807) is 36.0 Å². The van der Waals surface area contributed by atoms with Crippen molar-refractivity contribution in [2.75, 3.05) is 12.4 Å². The second-order valence-corrected chi connectivity index (χ2v) is 7.47. The van der Waals surface area contributed by atoms with E-state index < -0.39 is 5.97 Å². The van der Waals surface area contributed by atoms with Gasteiger partial charge in [-0.15, -0.1) is 11.8 Å². The molecule has 1 N–H and O–H groups in total. The number of carboxylic acid groups (broad SMARTS) is 1. The van der Waals surface area contributed by atoms with E-state index >= 15 is 0 Å². The average molecular weight is 330 g/mol. The Bertz CT molecular complexity index is 640. The van der Waals surface area contributed by atoms with E-state index in [0.717, 1.165) is 5.75 Å². The largest absolute Gasteiger partial charge is 0.493 e. The molecule has 0 aliphatic rings. The highest BCUT2D eigenvalue weighted by Crippen LogP contribution is 2.25. The molecular formula is C19H22O3S. The number of hydrogen-bond acceptors (Lipinski definition) is 3. The number of aromatic carboxylic acids is 1. The molecular weight excluding hydrogens is 308 g/mol. The van der Waals surface area contributed by atoms with Gasteiger partial charge in [0.15, 0.2) is 0 Å². The molecule has 0 unspecified atom stereocenters. The standard InChI is InChI=1S/C19H22O3S/c1-19(2,3)15-6-10-17(11-7-15)23-13-12-22-16-8-4-14(5-9-16)18(20)21/h4-11H,12-13H2,1-3H3,(H,20,21). The van der Waals surface area contributed by atoms with E-state index in [4.69, 9.17) is 9.84 Å². The van der Waals surface area contributed by atoms with Crippen LogP contribution in [0.15, 0.2) is 53.4 Å². The van der Waals surface area contributed by atoms with Gasteiger partial charge in [0.25, 0.3) is 0 Å². The van der Waals surface area contributed by atoms with Crippen LogP contribution in [0.4, 0.5) is 0 Å². The maximum Gasteiger partial charge on any atom is 0.335 e. The van der Waals surface area contributed by atoms with E-state index in [1.165, 1.54) is 10.5 Å². The summed E-state index contributed by atoms with van der Waals surface area (Å²) in [6, 6.07) is 15.1. The lowest BCUT2D eigenvalue weighted by molar-refractivity contribution is 0.0697. The smallest absolute Gasteiger partial charge is 0.335 e. The summed E-state index contributed by atoms with van der Waals surface area (Å²) < 4.78 is 5.63. The zero-order valence-corrected chi connectivity index (χ0v) is 14.5. The van der Waals surface area contributed by atoms with Gasteiger partial charge in [0.2, 0.25) is 0 Å². The molecule has 0 amide bonds. The van der Waals surface area contributed by atoms with Gasteiger partial charge in [-0.1, -0.05) is 32.9 Å². The van der Waals surface area contributed by atoms with Crippen LogP contribution in [0.1, 0.15) is 36.7 Å². The summed E-state index contributed by atoms with van der Waals surface area (Å²) in [7, 11) is 0. The SMILES string of the molecule is CC(C)(C)c1ccc(SCCOc2ccc(C(=O)O)cc2)cc1. The van der Waals surface area contributed by atoms with Crippen LogP contribution in [0, 0.1) is 0 Å². The van der Waals surface area contributed by atoms with Crippen LogP contribution >= 0.6 is 11.8 Å². The number of rotatable bonds is 6. The molecule has 0 saturated heterocycles. The topological polar surface area (TPSA) is 46.5 Å². The molecule has 4 heteroatoms. The maximum atomic E-state index is 10.8. The summed E-state index contributed by atoms with van der Waals surface area (Å²) in [5.74, 6) is 0.611. The van der Waals surface area contributed by atoms with Crippen molar-refractivity contribution in [3.8, 4) is 5.75 Å². The molecule has 0 radical (unpaired) electrons. The number of carboxylic acids is 1. The van der Waals surface area contributed by atoms with Crippen LogP contribution in [0.2, 0.25) is 0 Å². The maximum absolute atomic E-state index is 10.8. The minimum atomic E-state index is -0.925. The third-order valence-corrected chi connectivity index (χ3v) is 4.42. The lowest BCUT2D eigenvalue weighted by atomic mass is 9.87. The van der Waals surface area contributed by atoms with Crippen molar-refractivity contribution in [3.05, 3.63) is 59.7 Å². The van der Waals surface area contributed by atoms with Crippen LogP contribution < -0.4 is 4.74 Å². The summed E-state index contributed by atoms with van der Waals surface area (Å²) in [5, 5.41) is 8.84. The molecule has 0 fully saturated rings. The molecule has 0 aliphatic carbocycles.